The van der Waals surface area contributed by atoms with Gasteiger partial charge in [-0.25, -0.2) is 0 Å². The summed E-state index contributed by atoms with van der Waals surface area (Å²) in [5.74, 6) is 0.521. The van der Waals surface area contributed by atoms with E-state index in [0.29, 0.717) is 30.8 Å². The third kappa shape index (κ3) is 3.47. The fourth-order valence-electron chi connectivity index (χ4n) is 3.48. The highest BCUT2D eigenvalue weighted by Gasteiger charge is 2.26. The number of rotatable bonds is 6. The normalized spacial score (nSPS) is 15.7. The van der Waals surface area contributed by atoms with Gasteiger partial charge >= 0.3 is 5.97 Å². The Morgan fingerprint density at radius 1 is 1.33 bits per heavy atom. The van der Waals surface area contributed by atoms with Crippen LogP contribution in [0.25, 0.3) is 10.9 Å². The van der Waals surface area contributed by atoms with Crippen molar-refractivity contribution in [3.8, 4) is 11.5 Å². The van der Waals surface area contributed by atoms with Gasteiger partial charge in [0.15, 0.2) is 0 Å². The summed E-state index contributed by atoms with van der Waals surface area (Å²) >= 11 is 0. The molecule has 0 spiro atoms. The Morgan fingerprint density at radius 2 is 2.19 bits per heavy atom. The molecule has 1 aliphatic heterocycles. The van der Waals surface area contributed by atoms with Crippen LogP contribution >= 0.6 is 0 Å². The minimum absolute atomic E-state index is 0.0801. The first-order valence-electron chi connectivity index (χ1n) is 9.09. The quantitative estimate of drug-likeness (QED) is 0.709. The minimum Gasteiger partial charge on any atom is -0.492 e. The SMILES string of the molecule is CC(C)n1ncc2ccc(COc3ccc4c(c3)OCC4CC(=O)O)cc21. The van der Waals surface area contributed by atoms with Crippen LogP contribution in [0.1, 0.15) is 43.4 Å². The summed E-state index contributed by atoms with van der Waals surface area (Å²) in [6.07, 6.45) is 1.96. The standard InChI is InChI=1S/C21H22N2O4/c1-13(2)23-19-7-14(3-4-15(19)10-22-23)11-26-17-5-6-18-16(8-21(24)25)12-27-20(18)9-17/h3-7,9-10,13,16H,8,11-12H2,1-2H3,(H,24,25). The van der Waals surface area contributed by atoms with E-state index in [9.17, 15) is 4.79 Å². The largest absolute Gasteiger partial charge is 0.492 e. The number of aliphatic carboxylic acids is 1. The van der Waals surface area contributed by atoms with Crippen LogP contribution in [0.2, 0.25) is 0 Å². The van der Waals surface area contributed by atoms with E-state index in [0.717, 1.165) is 22.0 Å². The van der Waals surface area contributed by atoms with Crippen molar-refractivity contribution in [2.75, 3.05) is 6.61 Å². The third-order valence-electron chi connectivity index (χ3n) is 4.84. The van der Waals surface area contributed by atoms with Crippen LogP contribution in [0.3, 0.4) is 0 Å². The maximum atomic E-state index is 10.9. The number of fused-ring (bicyclic) bond motifs is 2. The molecular formula is C21H22N2O4. The van der Waals surface area contributed by atoms with Crippen LogP contribution in [-0.2, 0) is 11.4 Å². The number of carbonyl (C=O) groups is 1. The van der Waals surface area contributed by atoms with E-state index in [1.807, 2.05) is 35.1 Å². The Labute approximate surface area is 157 Å². The van der Waals surface area contributed by atoms with Crippen molar-refractivity contribution in [3.05, 3.63) is 53.7 Å². The molecule has 0 aliphatic carbocycles. The molecule has 1 N–H and O–H groups in total. The molecule has 27 heavy (non-hydrogen) atoms. The highest BCUT2D eigenvalue weighted by atomic mass is 16.5. The molecule has 1 aromatic heterocycles. The zero-order valence-electron chi connectivity index (χ0n) is 15.4. The molecule has 0 saturated carbocycles. The van der Waals surface area contributed by atoms with Crippen molar-refractivity contribution >= 4 is 16.9 Å². The number of aromatic nitrogens is 2. The fraction of sp³-hybridized carbons (Fsp3) is 0.333. The molecule has 3 aromatic rings. The van der Waals surface area contributed by atoms with Gasteiger partial charge in [-0.1, -0.05) is 18.2 Å². The lowest BCUT2D eigenvalue weighted by atomic mass is 9.98. The van der Waals surface area contributed by atoms with Gasteiger partial charge < -0.3 is 14.6 Å². The molecule has 0 saturated heterocycles. The van der Waals surface area contributed by atoms with Gasteiger partial charge in [-0.2, -0.15) is 5.10 Å². The number of carboxylic acid groups (broad SMARTS) is 1. The zero-order valence-corrected chi connectivity index (χ0v) is 15.4. The Hall–Kier alpha value is -3.02. The molecule has 4 rings (SSSR count). The van der Waals surface area contributed by atoms with Crippen molar-refractivity contribution < 1.29 is 19.4 Å². The molecule has 0 fully saturated rings. The van der Waals surface area contributed by atoms with Crippen molar-refractivity contribution in [1.29, 1.82) is 0 Å². The van der Waals surface area contributed by atoms with Gasteiger partial charge in [-0.3, -0.25) is 9.48 Å². The summed E-state index contributed by atoms with van der Waals surface area (Å²) in [5, 5.41) is 14.5. The highest BCUT2D eigenvalue weighted by molar-refractivity contribution is 5.79. The third-order valence-corrected chi connectivity index (χ3v) is 4.84. The van der Waals surface area contributed by atoms with E-state index in [4.69, 9.17) is 14.6 Å². The maximum Gasteiger partial charge on any atom is 0.304 e. The average molecular weight is 366 g/mol. The fourth-order valence-corrected chi connectivity index (χ4v) is 3.48. The molecule has 2 heterocycles. The molecule has 1 aliphatic rings. The monoisotopic (exact) mass is 366 g/mol. The number of hydrogen-bond donors (Lipinski definition) is 1. The summed E-state index contributed by atoms with van der Waals surface area (Å²) in [4.78, 5) is 10.9. The van der Waals surface area contributed by atoms with E-state index in [1.165, 1.54) is 0 Å². The predicted octanol–water partition coefficient (Wildman–Crippen LogP) is 4.15. The summed E-state index contributed by atoms with van der Waals surface area (Å²) in [6.45, 7) is 5.06. The average Bonchev–Trinajstić information content (AvgIpc) is 3.23. The van der Waals surface area contributed by atoms with E-state index >= 15 is 0 Å². The van der Waals surface area contributed by atoms with E-state index in [1.54, 1.807) is 0 Å². The van der Waals surface area contributed by atoms with Gasteiger partial charge in [0, 0.05) is 29.0 Å². The molecule has 1 unspecified atom stereocenters. The highest BCUT2D eigenvalue weighted by Crippen LogP contribution is 2.38. The number of ether oxygens (including phenoxy) is 2. The van der Waals surface area contributed by atoms with E-state index in [2.05, 4.69) is 31.1 Å². The number of hydrogen-bond acceptors (Lipinski definition) is 4. The molecule has 1 atom stereocenters. The van der Waals surface area contributed by atoms with Crippen molar-refractivity contribution in [2.45, 2.75) is 38.8 Å². The number of benzene rings is 2. The van der Waals surface area contributed by atoms with Gasteiger partial charge in [0.25, 0.3) is 0 Å². The molecule has 140 valence electrons. The van der Waals surface area contributed by atoms with Crippen molar-refractivity contribution in [3.63, 3.8) is 0 Å². The summed E-state index contributed by atoms with van der Waals surface area (Å²) < 4.78 is 13.6. The first-order chi connectivity index (χ1) is 13.0. The maximum absolute atomic E-state index is 10.9. The van der Waals surface area contributed by atoms with Crippen LogP contribution < -0.4 is 9.47 Å². The van der Waals surface area contributed by atoms with Crippen LogP contribution in [0, 0.1) is 0 Å². The Morgan fingerprint density at radius 3 is 2.96 bits per heavy atom. The van der Waals surface area contributed by atoms with Crippen LogP contribution in [0.15, 0.2) is 42.6 Å². The summed E-state index contributed by atoms with van der Waals surface area (Å²) in [6, 6.07) is 12.1. The Balaban J connectivity index is 1.49. The molecule has 6 nitrogen and oxygen atoms in total. The van der Waals surface area contributed by atoms with Crippen molar-refractivity contribution in [1.82, 2.24) is 9.78 Å². The van der Waals surface area contributed by atoms with Crippen molar-refractivity contribution in [2.24, 2.45) is 0 Å². The van der Waals surface area contributed by atoms with E-state index < -0.39 is 5.97 Å². The molecule has 0 amide bonds. The first-order valence-corrected chi connectivity index (χ1v) is 9.09. The van der Waals surface area contributed by atoms with Gasteiger partial charge in [0.05, 0.1) is 24.7 Å². The molecule has 0 radical (unpaired) electrons. The lowest BCUT2D eigenvalue weighted by Crippen LogP contribution is -2.07. The van der Waals surface area contributed by atoms with Gasteiger partial charge in [-0.05, 0) is 31.5 Å². The van der Waals surface area contributed by atoms with Crippen LogP contribution in [-0.4, -0.2) is 27.5 Å². The second-order valence-corrected chi connectivity index (χ2v) is 7.17. The topological polar surface area (TPSA) is 73.6 Å². The lowest BCUT2D eigenvalue weighted by molar-refractivity contribution is -0.137. The van der Waals surface area contributed by atoms with Crippen LogP contribution in [0.4, 0.5) is 0 Å². The molecule has 6 heteroatoms. The Bertz CT molecular complexity index is 993. The minimum atomic E-state index is -0.812. The number of nitrogens with zero attached hydrogens (tertiary/aromatic N) is 2. The van der Waals surface area contributed by atoms with Gasteiger partial charge in [0.2, 0.25) is 0 Å². The summed E-state index contributed by atoms with van der Waals surface area (Å²) in [7, 11) is 0. The van der Waals surface area contributed by atoms with Crippen LogP contribution in [0.5, 0.6) is 11.5 Å². The first kappa shape index (κ1) is 17.4. The van der Waals surface area contributed by atoms with Gasteiger partial charge in [0.1, 0.15) is 18.1 Å². The van der Waals surface area contributed by atoms with E-state index in [-0.39, 0.29) is 12.3 Å². The molecule has 0 bridgehead atoms. The second-order valence-electron chi connectivity index (χ2n) is 7.17. The zero-order chi connectivity index (χ0) is 19.0. The molecule has 2 aromatic carbocycles. The smallest absolute Gasteiger partial charge is 0.304 e. The second kappa shape index (κ2) is 6.95. The molecular weight excluding hydrogens is 344 g/mol. The predicted molar refractivity (Wildman–Crippen MR) is 101 cm³/mol. The lowest BCUT2D eigenvalue weighted by Gasteiger charge is -2.10. The summed E-state index contributed by atoms with van der Waals surface area (Å²) in [5.41, 5.74) is 3.10. The van der Waals surface area contributed by atoms with Gasteiger partial charge in [-0.15, -0.1) is 0 Å². The number of carboxylic acids is 1. The Kier molecular flexibility index (Phi) is 4.48.